The number of anilines is 2. The van der Waals surface area contributed by atoms with Crippen molar-refractivity contribution < 1.29 is 17.6 Å². The average molecular weight is 434 g/mol. The van der Waals surface area contributed by atoms with Crippen molar-refractivity contribution in [3.8, 4) is 0 Å². The summed E-state index contributed by atoms with van der Waals surface area (Å²) in [5, 5.41) is 0. The van der Waals surface area contributed by atoms with E-state index in [1.54, 1.807) is 36.1 Å². The summed E-state index contributed by atoms with van der Waals surface area (Å²) in [5.41, 5.74) is 2.49. The normalized spacial score (nSPS) is 15.7. The Kier molecular flexibility index (Phi) is 6.65. The molecule has 0 aliphatic carbocycles. The van der Waals surface area contributed by atoms with E-state index < -0.39 is 16.1 Å². The topological polar surface area (TPSA) is 60.9 Å². The molecule has 1 aliphatic heterocycles. The van der Waals surface area contributed by atoms with Crippen LogP contribution in [0.1, 0.15) is 19.4 Å². The fourth-order valence-electron chi connectivity index (χ4n) is 3.78. The van der Waals surface area contributed by atoms with Crippen LogP contribution in [0.15, 0.2) is 48.5 Å². The maximum absolute atomic E-state index is 13.1. The van der Waals surface area contributed by atoms with Crippen LogP contribution < -0.4 is 9.21 Å². The van der Waals surface area contributed by atoms with Crippen molar-refractivity contribution in [1.82, 2.24) is 4.90 Å². The molecule has 0 bridgehead atoms. The lowest BCUT2D eigenvalue weighted by Gasteiger charge is -2.39. The first-order valence-electron chi connectivity index (χ1n) is 10.1. The van der Waals surface area contributed by atoms with Gasteiger partial charge in [0.25, 0.3) is 0 Å². The first-order chi connectivity index (χ1) is 14.2. The van der Waals surface area contributed by atoms with Gasteiger partial charge in [-0.15, -0.1) is 0 Å². The second kappa shape index (κ2) is 9.04. The van der Waals surface area contributed by atoms with Crippen molar-refractivity contribution in [2.75, 3.05) is 41.6 Å². The van der Waals surface area contributed by atoms with Crippen molar-refractivity contribution >= 4 is 27.3 Å². The van der Waals surface area contributed by atoms with E-state index in [-0.39, 0.29) is 11.7 Å². The third-order valence-corrected chi connectivity index (χ3v) is 6.69. The minimum Gasteiger partial charge on any atom is -0.368 e. The van der Waals surface area contributed by atoms with Gasteiger partial charge in [-0.1, -0.05) is 19.1 Å². The summed E-state index contributed by atoms with van der Waals surface area (Å²) in [4.78, 5) is 16.9. The second-order valence-electron chi connectivity index (χ2n) is 7.54. The Labute approximate surface area is 177 Å². The molecule has 0 unspecified atom stereocenters. The molecule has 0 spiro atoms. The van der Waals surface area contributed by atoms with Crippen LogP contribution in [0.2, 0.25) is 0 Å². The Balaban J connectivity index is 1.71. The zero-order valence-corrected chi connectivity index (χ0v) is 18.4. The molecule has 2 aromatic rings. The maximum atomic E-state index is 13.1. The smallest absolute Gasteiger partial charge is 0.246 e. The predicted octanol–water partition coefficient (Wildman–Crippen LogP) is 2.89. The van der Waals surface area contributed by atoms with Gasteiger partial charge in [-0.2, -0.15) is 0 Å². The van der Waals surface area contributed by atoms with Crippen LogP contribution in [0.4, 0.5) is 15.8 Å². The first-order valence-corrected chi connectivity index (χ1v) is 11.9. The number of halogens is 1. The molecule has 1 saturated heterocycles. The molecule has 8 heteroatoms. The maximum Gasteiger partial charge on any atom is 0.246 e. The number of nitrogens with zero attached hydrogens (tertiary/aromatic N) is 3. The number of rotatable bonds is 6. The van der Waals surface area contributed by atoms with E-state index in [4.69, 9.17) is 0 Å². The van der Waals surface area contributed by atoms with E-state index in [1.807, 2.05) is 19.1 Å². The lowest BCUT2D eigenvalue weighted by molar-refractivity contribution is -0.132. The molecule has 0 N–H and O–H groups in total. The molecule has 1 aliphatic rings. The number of aryl methyl sites for hydroxylation is 1. The predicted molar refractivity (Wildman–Crippen MR) is 118 cm³/mol. The SMILES string of the molecule is CCc1ccc(N([C@H](C)C(=O)N2CCN(c3ccc(F)cc3)CC2)S(C)(=O)=O)cc1. The minimum absolute atomic E-state index is 0.223. The monoisotopic (exact) mass is 433 g/mol. The van der Waals surface area contributed by atoms with E-state index >= 15 is 0 Å². The van der Waals surface area contributed by atoms with Gasteiger partial charge in [-0.25, -0.2) is 12.8 Å². The van der Waals surface area contributed by atoms with Gasteiger partial charge in [0, 0.05) is 31.9 Å². The van der Waals surface area contributed by atoms with Crippen molar-refractivity contribution in [3.05, 3.63) is 59.9 Å². The Bertz CT molecular complexity index is 970. The Morgan fingerprint density at radius 3 is 2.10 bits per heavy atom. The van der Waals surface area contributed by atoms with E-state index in [9.17, 15) is 17.6 Å². The lowest BCUT2D eigenvalue weighted by Crippen LogP contribution is -2.55. The first kappa shape index (κ1) is 22.1. The van der Waals surface area contributed by atoms with Crippen LogP contribution in [0, 0.1) is 5.82 Å². The van der Waals surface area contributed by atoms with Crippen LogP contribution in [-0.4, -0.2) is 57.7 Å². The van der Waals surface area contributed by atoms with E-state index in [0.29, 0.717) is 31.9 Å². The number of amides is 1. The highest BCUT2D eigenvalue weighted by Crippen LogP contribution is 2.23. The summed E-state index contributed by atoms with van der Waals surface area (Å²) in [5.74, 6) is -0.507. The highest BCUT2D eigenvalue weighted by Gasteiger charge is 2.33. The standard InChI is InChI=1S/C22H28FN3O3S/c1-4-18-5-9-21(10-6-18)26(30(3,28)29)17(2)22(27)25-15-13-24(14-16-25)20-11-7-19(23)8-12-20/h5-12,17H,4,13-16H2,1-3H3/t17-/m1/s1. The van der Waals surface area contributed by atoms with Crippen molar-refractivity contribution in [1.29, 1.82) is 0 Å². The molecule has 1 amide bonds. The van der Waals surface area contributed by atoms with Crippen LogP contribution in [0.5, 0.6) is 0 Å². The quantitative estimate of drug-likeness (QED) is 0.703. The zero-order valence-electron chi connectivity index (χ0n) is 17.6. The van der Waals surface area contributed by atoms with Crippen molar-refractivity contribution in [2.45, 2.75) is 26.3 Å². The fourth-order valence-corrected chi connectivity index (χ4v) is 4.95. The molecule has 0 aromatic heterocycles. The van der Waals surface area contributed by atoms with Gasteiger partial charge >= 0.3 is 0 Å². The van der Waals surface area contributed by atoms with Crippen molar-refractivity contribution in [2.24, 2.45) is 0 Å². The van der Waals surface area contributed by atoms with Gasteiger partial charge in [-0.3, -0.25) is 9.10 Å². The van der Waals surface area contributed by atoms with Crippen LogP contribution in [0.3, 0.4) is 0 Å². The summed E-state index contributed by atoms with van der Waals surface area (Å²) in [6.45, 7) is 5.83. The minimum atomic E-state index is -3.64. The number of piperazine rings is 1. The molecule has 0 saturated carbocycles. The van der Waals surface area contributed by atoms with Gasteiger partial charge in [0.1, 0.15) is 11.9 Å². The highest BCUT2D eigenvalue weighted by atomic mass is 32.2. The van der Waals surface area contributed by atoms with Crippen molar-refractivity contribution in [3.63, 3.8) is 0 Å². The molecular weight excluding hydrogens is 405 g/mol. The third-order valence-electron chi connectivity index (χ3n) is 5.45. The molecule has 3 rings (SSSR count). The average Bonchev–Trinajstić information content (AvgIpc) is 2.73. The zero-order chi connectivity index (χ0) is 21.9. The molecule has 0 radical (unpaired) electrons. The molecule has 6 nitrogen and oxygen atoms in total. The van der Waals surface area contributed by atoms with Crippen LogP contribution in [0.25, 0.3) is 0 Å². The molecular formula is C22H28FN3O3S. The molecule has 1 fully saturated rings. The van der Waals surface area contributed by atoms with E-state index in [2.05, 4.69) is 4.90 Å². The number of carbonyl (C=O) groups is 1. The highest BCUT2D eigenvalue weighted by molar-refractivity contribution is 7.92. The van der Waals surface area contributed by atoms with Gasteiger partial charge in [0.05, 0.1) is 11.9 Å². The fraction of sp³-hybridized carbons (Fsp3) is 0.409. The number of hydrogen-bond donors (Lipinski definition) is 0. The molecule has 162 valence electrons. The summed E-state index contributed by atoms with van der Waals surface area (Å²) in [7, 11) is -3.64. The second-order valence-corrected chi connectivity index (χ2v) is 9.40. The van der Waals surface area contributed by atoms with E-state index in [1.165, 1.54) is 16.4 Å². The lowest BCUT2D eigenvalue weighted by atomic mass is 10.1. The molecule has 2 aromatic carbocycles. The van der Waals surface area contributed by atoms with E-state index in [0.717, 1.165) is 23.9 Å². The number of benzene rings is 2. The summed E-state index contributed by atoms with van der Waals surface area (Å²) in [6.07, 6.45) is 1.98. The van der Waals surface area contributed by atoms with Crippen LogP contribution >= 0.6 is 0 Å². The molecule has 1 heterocycles. The number of hydrogen-bond acceptors (Lipinski definition) is 4. The largest absolute Gasteiger partial charge is 0.368 e. The molecule has 30 heavy (non-hydrogen) atoms. The molecule has 1 atom stereocenters. The van der Waals surface area contributed by atoms with Gasteiger partial charge in [0.2, 0.25) is 15.9 Å². The van der Waals surface area contributed by atoms with Gasteiger partial charge < -0.3 is 9.80 Å². The number of sulfonamides is 1. The Hall–Kier alpha value is -2.61. The van der Waals surface area contributed by atoms with Gasteiger partial charge in [0.15, 0.2) is 0 Å². The summed E-state index contributed by atoms with van der Waals surface area (Å²) >= 11 is 0. The summed E-state index contributed by atoms with van der Waals surface area (Å²) < 4.78 is 39.3. The van der Waals surface area contributed by atoms with Crippen LogP contribution in [-0.2, 0) is 21.2 Å². The van der Waals surface area contributed by atoms with Gasteiger partial charge in [-0.05, 0) is 55.3 Å². The summed E-state index contributed by atoms with van der Waals surface area (Å²) in [6, 6.07) is 12.7. The Morgan fingerprint density at radius 2 is 1.60 bits per heavy atom. The third kappa shape index (κ3) is 4.92. The Morgan fingerprint density at radius 1 is 1.03 bits per heavy atom. The number of carbonyl (C=O) groups excluding carboxylic acids is 1.